The second kappa shape index (κ2) is 5.72. The molecule has 3 rings (SSSR count). The first-order valence-corrected chi connectivity index (χ1v) is 9.32. The third-order valence-electron chi connectivity index (χ3n) is 3.46. The van der Waals surface area contributed by atoms with Gasteiger partial charge < -0.3 is 0 Å². The lowest BCUT2D eigenvalue weighted by Gasteiger charge is -2.27. The number of carbonyl (C=O) groups excluding carboxylic acids is 2. The molecule has 22 heavy (non-hydrogen) atoms. The lowest BCUT2D eigenvalue weighted by Crippen LogP contribution is -2.42. The van der Waals surface area contributed by atoms with Crippen LogP contribution in [0.5, 0.6) is 0 Å². The molecule has 1 N–H and O–H groups in total. The Kier molecular flexibility index (Phi) is 3.91. The Labute approximate surface area is 130 Å². The van der Waals surface area contributed by atoms with Gasteiger partial charge in [-0.15, -0.1) is 10.2 Å². The fraction of sp³-hybridized carbons (Fsp3) is 0.545. The van der Waals surface area contributed by atoms with Crippen LogP contribution in [0.25, 0.3) is 0 Å². The highest BCUT2D eigenvalue weighted by Gasteiger charge is 2.37. The minimum Gasteiger partial charge on any atom is -0.295 e. The summed E-state index contributed by atoms with van der Waals surface area (Å²) in [6.45, 7) is 0. The molecular formula is C11H13N5O4S2. The maximum Gasteiger partial charge on any atom is 0.273 e. The summed E-state index contributed by atoms with van der Waals surface area (Å²) >= 11 is 1.17. The standard InChI is InChI=1S/C11H13N5O4S2/c17-9-2-1-8(10(18)13-11-14-12-6-21-11)15-16(9)7-3-4-22(19,20)5-7/h6-7H,1-5H2,(H,13,14,18). The molecule has 1 aromatic rings. The van der Waals surface area contributed by atoms with Crippen LogP contribution in [-0.4, -0.2) is 58.7 Å². The Bertz CT molecular complexity index is 728. The van der Waals surface area contributed by atoms with Crippen LogP contribution in [0.1, 0.15) is 19.3 Å². The number of carbonyl (C=O) groups is 2. The van der Waals surface area contributed by atoms with Gasteiger partial charge in [-0.2, -0.15) is 5.10 Å². The Morgan fingerprint density at radius 1 is 1.41 bits per heavy atom. The summed E-state index contributed by atoms with van der Waals surface area (Å²) in [4.78, 5) is 24.1. The molecular weight excluding hydrogens is 330 g/mol. The van der Waals surface area contributed by atoms with Crippen LogP contribution in [0.2, 0.25) is 0 Å². The molecule has 0 aromatic carbocycles. The van der Waals surface area contributed by atoms with Gasteiger partial charge in [0, 0.05) is 12.8 Å². The number of hydrogen-bond donors (Lipinski definition) is 1. The van der Waals surface area contributed by atoms with Crippen LogP contribution in [0.4, 0.5) is 5.13 Å². The van der Waals surface area contributed by atoms with Crippen LogP contribution >= 0.6 is 11.3 Å². The number of nitrogens with one attached hydrogen (secondary N) is 1. The number of amides is 2. The molecule has 1 unspecified atom stereocenters. The van der Waals surface area contributed by atoms with Gasteiger partial charge in [0.15, 0.2) is 9.84 Å². The first-order chi connectivity index (χ1) is 10.4. The quantitative estimate of drug-likeness (QED) is 0.800. The highest BCUT2D eigenvalue weighted by atomic mass is 32.2. The fourth-order valence-corrected chi connectivity index (χ4v) is 4.52. The zero-order valence-electron chi connectivity index (χ0n) is 11.4. The van der Waals surface area contributed by atoms with Crippen LogP contribution < -0.4 is 5.32 Å². The molecule has 0 aliphatic carbocycles. The maximum atomic E-state index is 12.1. The van der Waals surface area contributed by atoms with Crippen molar-refractivity contribution in [1.82, 2.24) is 15.2 Å². The number of aromatic nitrogens is 2. The molecule has 2 aliphatic rings. The number of rotatable bonds is 3. The number of sulfone groups is 1. The van der Waals surface area contributed by atoms with Crippen molar-refractivity contribution in [2.45, 2.75) is 25.3 Å². The maximum absolute atomic E-state index is 12.1. The second-order valence-electron chi connectivity index (χ2n) is 5.04. The lowest BCUT2D eigenvalue weighted by molar-refractivity contribution is -0.133. The number of hydrazone groups is 1. The molecule has 0 saturated carbocycles. The molecule has 1 atom stereocenters. The second-order valence-corrected chi connectivity index (χ2v) is 8.10. The molecule has 1 saturated heterocycles. The molecule has 0 bridgehead atoms. The Hall–Kier alpha value is -1.88. The Morgan fingerprint density at radius 3 is 2.86 bits per heavy atom. The molecule has 3 heterocycles. The summed E-state index contributed by atoms with van der Waals surface area (Å²) in [7, 11) is -3.13. The highest BCUT2D eigenvalue weighted by Crippen LogP contribution is 2.22. The zero-order valence-corrected chi connectivity index (χ0v) is 13.1. The van der Waals surface area contributed by atoms with Crippen molar-refractivity contribution in [2.24, 2.45) is 5.10 Å². The largest absolute Gasteiger partial charge is 0.295 e. The fourth-order valence-electron chi connectivity index (χ4n) is 2.38. The van der Waals surface area contributed by atoms with E-state index in [-0.39, 0.29) is 36.0 Å². The average molecular weight is 343 g/mol. The molecule has 2 amide bonds. The van der Waals surface area contributed by atoms with Gasteiger partial charge in [0.05, 0.1) is 17.5 Å². The molecule has 1 aromatic heterocycles. The van der Waals surface area contributed by atoms with E-state index in [1.165, 1.54) is 16.8 Å². The van der Waals surface area contributed by atoms with E-state index in [2.05, 4.69) is 20.6 Å². The van der Waals surface area contributed by atoms with Crippen molar-refractivity contribution in [3.8, 4) is 0 Å². The summed E-state index contributed by atoms with van der Waals surface area (Å²) in [6.07, 6.45) is 0.710. The van der Waals surface area contributed by atoms with Crippen LogP contribution in [0, 0.1) is 0 Å². The summed E-state index contributed by atoms with van der Waals surface area (Å²) in [6, 6.07) is -0.484. The monoisotopic (exact) mass is 343 g/mol. The smallest absolute Gasteiger partial charge is 0.273 e. The van der Waals surface area contributed by atoms with E-state index in [9.17, 15) is 18.0 Å². The van der Waals surface area contributed by atoms with E-state index in [1.807, 2.05) is 0 Å². The van der Waals surface area contributed by atoms with Crippen molar-refractivity contribution >= 4 is 43.8 Å². The lowest BCUT2D eigenvalue weighted by atomic mass is 10.1. The van der Waals surface area contributed by atoms with Gasteiger partial charge in [0.2, 0.25) is 11.0 Å². The third kappa shape index (κ3) is 3.14. The minimum absolute atomic E-state index is 0.0449. The van der Waals surface area contributed by atoms with Crippen LogP contribution in [-0.2, 0) is 19.4 Å². The van der Waals surface area contributed by atoms with Gasteiger partial charge in [0.25, 0.3) is 5.91 Å². The van der Waals surface area contributed by atoms with Gasteiger partial charge >= 0.3 is 0 Å². The van der Waals surface area contributed by atoms with Crippen molar-refractivity contribution in [3.05, 3.63) is 5.51 Å². The number of anilines is 1. The Morgan fingerprint density at radius 2 is 2.23 bits per heavy atom. The van der Waals surface area contributed by atoms with Gasteiger partial charge in [-0.1, -0.05) is 11.3 Å². The van der Waals surface area contributed by atoms with Crippen LogP contribution in [0.15, 0.2) is 10.6 Å². The van der Waals surface area contributed by atoms with E-state index in [0.717, 1.165) is 5.01 Å². The minimum atomic E-state index is -3.13. The molecule has 118 valence electrons. The topological polar surface area (TPSA) is 122 Å². The summed E-state index contributed by atoms with van der Waals surface area (Å²) in [5.41, 5.74) is 1.68. The summed E-state index contributed by atoms with van der Waals surface area (Å²) in [5.74, 6) is -0.763. The van der Waals surface area contributed by atoms with Gasteiger partial charge in [-0.25, -0.2) is 13.4 Å². The molecule has 1 fully saturated rings. The Balaban J connectivity index is 1.76. The molecule has 0 radical (unpaired) electrons. The van der Waals surface area contributed by atoms with E-state index in [1.54, 1.807) is 0 Å². The third-order valence-corrected chi connectivity index (χ3v) is 5.81. The first kappa shape index (κ1) is 15.0. The SMILES string of the molecule is O=C(Nc1nncs1)C1=NN(C2CCS(=O)(=O)C2)C(=O)CC1. The number of hydrogen-bond acceptors (Lipinski definition) is 8. The van der Waals surface area contributed by atoms with E-state index in [4.69, 9.17) is 0 Å². The van der Waals surface area contributed by atoms with E-state index >= 15 is 0 Å². The van der Waals surface area contributed by atoms with Crippen molar-refractivity contribution < 1.29 is 18.0 Å². The first-order valence-electron chi connectivity index (χ1n) is 6.62. The summed E-state index contributed by atoms with van der Waals surface area (Å²) < 4.78 is 23.1. The normalized spacial score (nSPS) is 24.2. The van der Waals surface area contributed by atoms with Gasteiger partial charge in [-0.3, -0.25) is 14.9 Å². The molecule has 0 spiro atoms. The van der Waals surface area contributed by atoms with Gasteiger partial charge in [-0.05, 0) is 6.42 Å². The highest BCUT2D eigenvalue weighted by molar-refractivity contribution is 7.91. The van der Waals surface area contributed by atoms with Crippen molar-refractivity contribution in [1.29, 1.82) is 0 Å². The van der Waals surface area contributed by atoms with Gasteiger partial charge in [0.1, 0.15) is 11.2 Å². The summed E-state index contributed by atoms with van der Waals surface area (Å²) in [5, 5.41) is 15.4. The van der Waals surface area contributed by atoms with E-state index in [0.29, 0.717) is 11.6 Å². The number of nitrogens with zero attached hydrogens (tertiary/aromatic N) is 4. The predicted molar refractivity (Wildman–Crippen MR) is 79.1 cm³/mol. The van der Waals surface area contributed by atoms with Crippen molar-refractivity contribution in [2.75, 3.05) is 16.8 Å². The predicted octanol–water partition coefficient (Wildman–Crippen LogP) is -0.358. The van der Waals surface area contributed by atoms with E-state index < -0.39 is 21.8 Å². The average Bonchev–Trinajstić information content (AvgIpc) is 3.08. The van der Waals surface area contributed by atoms with Crippen LogP contribution in [0.3, 0.4) is 0 Å². The van der Waals surface area contributed by atoms with Crippen molar-refractivity contribution in [3.63, 3.8) is 0 Å². The molecule has 2 aliphatic heterocycles. The molecule has 9 nitrogen and oxygen atoms in total. The molecule has 11 heteroatoms. The zero-order chi connectivity index (χ0) is 15.7.